The van der Waals surface area contributed by atoms with Gasteiger partial charge in [0.15, 0.2) is 0 Å². The Morgan fingerprint density at radius 3 is 2.96 bits per heavy atom. The number of hydrogen-bond donors (Lipinski definition) is 1. The number of aromatic nitrogens is 2. The van der Waals surface area contributed by atoms with Gasteiger partial charge in [0, 0.05) is 38.3 Å². The summed E-state index contributed by atoms with van der Waals surface area (Å²) in [7, 11) is 0. The highest BCUT2D eigenvalue weighted by Gasteiger charge is 2.38. The summed E-state index contributed by atoms with van der Waals surface area (Å²) < 4.78 is 7.94. The van der Waals surface area contributed by atoms with E-state index in [1.807, 2.05) is 27.8 Å². The minimum atomic E-state index is -0.718. The van der Waals surface area contributed by atoms with Crippen molar-refractivity contribution in [1.29, 1.82) is 0 Å². The fourth-order valence-corrected chi connectivity index (χ4v) is 3.46. The Balaban J connectivity index is 1.59. The molecule has 6 heteroatoms. The van der Waals surface area contributed by atoms with E-state index in [4.69, 9.17) is 4.74 Å². The molecule has 3 rings (SSSR count). The first-order valence-corrected chi connectivity index (χ1v) is 9.15. The van der Waals surface area contributed by atoms with Gasteiger partial charge in [-0.1, -0.05) is 24.3 Å². The average molecular weight is 357 g/mol. The number of nitrogens with zero attached hydrogens (tertiary/aromatic N) is 3. The summed E-state index contributed by atoms with van der Waals surface area (Å²) in [5.74, 6) is 0.121. The van der Waals surface area contributed by atoms with E-state index in [9.17, 15) is 9.90 Å². The molecule has 0 aliphatic carbocycles. The molecule has 1 saturated heterocycles. The van der Waals surface area contributed by atoms with Crippen LogP contribution in [0.1, 0.15) is 24.0 Å². The van der Waals surface area contributed by atoms with Gasteiger partial charge in [-0.25, -0.2) is 4.98 Å². The number of morpholine rings is 1. The lowest BCUT2D eigenvalue weighted by atomic mass is 9.91. The molecule has 0 bridgehead atoms. The first-order valence-electron chi connectivity index (χ1n) is 9.15. The number of benzene rings is 1. The Morgan fingerprint density at radius 1 is 1.38 bits per heavy atom. The molecule has 1 aliphatic heterocycles. The highest BCUT2D eigenvalue weighted by atomic mass is 16.5. The number of aliphatic hydroxyl groups is 1. The van der Waals surface area contributed by atoms with Gasteiger partial charge in [0.05, 0.1) is 26.1 Å². The molecule has 0 unspecified atom stereocenters. The third-order valence-corrected chi connectivity index (χ3v) is 5.03. The molecular formula is C20H27N3O3. The van der Waals surface area contributed by atoms with Gasteiger partial charge in [0.2, 0.25) is 5.91 Å². The number of rotatable bonds is 7. The second-order valence-electron chi connectivity index (χ2n) is 7.01. The molecule has 6 nitrogen and oxygen atoms in total. The van der Waals surface area contributed by atoms with E-state index >= 15 is 0 Å². The quantitative estimate of drug-likeness (QED) is 0.821. The summed E-state index contributed by atoms with van der Waals surface area (Å²) in [6.07, 6.45) is 7.27. The minimum absolute atomic E-state index is 0.0971. The van der Waals surface area contributed by atoms with Gasteiger partial charge in [0.25, 0.3) is 0 Å². The van der Waals surface area contributed by atoms with Crippen LogP contribution in [-0.4, -0.2) is 57.4 Å². The standard InChI is InChI=1S/C20H27N3O3/c1-17-5-2-3-6-18(17)13-20(15-24)14-23(11-12-26-20)19(25)7-4-9-22-10-8-21-16-22/h2-3,5-6,8,10,16,24H,4,7,9,11-15H2,1H3/t20-/m0/s1. The Labute approximate surface area is 154 Å². The fourth-order valence-electron chi connectivity index (χ4n) is 3.46. The van der Waals surface area contributed by atoms with Crippen LogP contribution in [0.25, 0.3) is 0 Å². The predicted molar refractivity (Wildman–Crippen MR) is 98.7 cm³/mol. The number of aliphatic hydroxyl groups excluding tert-OH is 1. The van der Waals surface area contributed by atoms with Crippen molar-refractivity contribution < 1.29 is 14.6 Å². The van der Waals surface area contributed by atoms with E-state index in [0.717, 1.165) is 18.5 Å². The van der Waals surface area contributed by atoms with Crippen molar-refractivity contribution in [1.82, 2.24) is 14.5 Å². The predicted octanol–water partition coefficient (Wildman–Crippen LogP) is 1.80. The van der Waals surface area contributed by atoms with Crippen LogP contribution in [0.5, 0.6) is 0 Å². The molecule has 0 radical (unpaired) electrons. The van der Waals surface area contributed by atoms with E-state index in [0.29, 0.717) is 32.5 Å². The molecular weight excluding hydrogens is 330 g/mol. The molecule has 1 N–H and O–H groups in total. The van der Waals surface area contributed by atoms with Gasteiger partial charge in [-0.15, -0.1) is 0 Å². The van der Waals surface area contributed by atoms with E-state index in [1.165, 1.54) is 5.56 Å². The number of amides is 1. The normalized spacial score (nSPS) is 20.3. The van der Waals surface area contributed by atoms with Crippen molar-refractivity contribution >= 4 is 5.91 Å². The Kier molecular flexibility index (Phi) is 6.06. The Bertz CT molecular complexity index is 717. The number of imidazole rings is 1. The molecule has 140 valence electrons. The van der Waals surface area contributed by atoms with Crippen molar-refractivity contribution in [3.8, 4) is 0 Å². The molecule has 1 amide bonds. The van der Waals surface area contributed by atoms with Gasteiger partial charge in [-0.05, 0) is 24.5 Å². The maximum atomic E-state index is 12.6. The van der Waals surface area contributed by atoms with Crippen molar-refractivity contribution in [3.05, 3.63) is 54.1 Å². The lowest BCUT2D eigenvalue weighted by molar-refractivity contribution is -0.158. The smallest absolute Gasteiger partial charge is 0.222 e. The maximum Gasteiger partial charge on any atom is 0.222 e. The summed E-state index contributed by atoms with van der Waals surface area (Å²) in [6.45, 7) is 4.22. The van der Waals surface area contributed by atoms with Gasteiger partial charge in [0.1, 0.15) is 5.60 Å². The summed E-state index contributed by atoms with van der Waals surface area (Å²) in [4.78, 5) is 18.5. The second-order valence-corrected chi connectivity index (χ2v) is 7.01. The van der Waals surface area contributed by atoms with E-state index in [1.54, 1.807) is 12.5 Å². The Hall–Kier alpha value is -2.18. The number of ether oxygens (including phenoxy) is 1. The summed E-state index contributed by atoms with van der Waals surface area (Å²) >= 11 is 0. The number of carbonyl (C=O) groups excluding carboxylic acids is 1. The lowest BCUT2D eigenvalue weighted by Gasteiger charge is -2.42. The zero-order valence-electron chi connectivity index (χ0n) is 15.3. The topological polar surface area (TPSA) is 67.6 Å². The van der Waals surface area contributed by atoms with Crippen molar-refractivity contribution in [3.63, 3.8) is 0 Å². The molecule has 2 heterocycles. The van der Waals surface area contributed by atoms with Crippen LogP contribution in [0.15, 0.2) is 43.0 Å². The third kappa shape index (κ3) is 4.51. The number of carbonyl (C=O) groups is 1. The summed E-state index contributed by atoms with van der Waals surface area (Å²) in [5, 5.41) is 10.0. The molecule has 2 aromatic rings. The molecule has 1 aromatic heterocycles. The van der Waals surface area contributed by atoms with E-state index in [2.05, 4.69) is 24.0 Å². The highest BCUT2D eigenvalue weighted by Crippen LogP contribution is 2.25. The van der Waals surface area contributed by atoms with Gasteiger partial charge < -0.3 is 19.3 Å². The molecule has 26 heavy (non-hydrogen) atoms. The minimum Gasteiger partial charge on any atom is -0.393 e. The first-order chi connectivity index (χ1) is 12.6. The summed E-state index contributed by atoms with van der Waals surface area (Å²) in [5.41, 5.74) is 1.60. The van der Waals surface area contributed by atoms with Crippen LogP contribution >= 0.6 is 0 Å². The molecule has 0 spiro atoms. The molecule has 1 atom stereocenters. The van der Waals surface area contributed by atoms with Crippen molar-refractivity contribution in [2.75, 3.05) is 26.3 Å². The number of aryl methyl sites for hydroxylation is 2. The lowest BCUT2D eigenvalue weighted by Crippen LogP contribution is -2.56. The van der Waals surface area contributed by atoms with Crippen LogP contribution in [0.2, 0.25) is 0 Å². The first kappa shape index (κ1) is 18.6. The van der Waals surface area contributed by atoms with Gasteiger partial charge in [-0.3, -0.25) is 4.79 Å². The average Bonchev–Trinajstić information content (AvgIpc) is 3.17. The van der Waals surface area contributed by atoms with Gasteiger partial charge in [-0.2, -0.15) is 0 Å². The molecule has 1 aliphatic rings. The number of hydrogen-bond acceptors (Lipinski definition) is 4. The third-order valence-electron chi connectivity index (χ3n) is 5.03. The zero-order chi connectivity index (χ0) is 18.4. The monoisotopic (exact) mass is 357 g/mol. The van der Waals surface area contributed by atoms with Crippen molar-refractivity contribution in [2.45, 2.75) is 38.3 Å². The van der Waals surface area contributed by atoms with Crippen LogP contribution < -0.4 is 0 Å². The molecule has 0 saturated carbocycles. The second kappa shape index (κ2) is 8.47. The summed E-state index contributed by atoms with van der Waals surface area (Å²) in [6, 6.07) is 8.11. The Morgan fingerprint density at radius 2 is 2.23 bits per heavy atom. The largest absolute Gasteiger partial charge is 0.393 e. The molecule has 1 aromatic carbocycles. The zero-order valence-corrected chi connectivity index (χ0v) is 15.3. The SMILES string of the molecule is Cc1ccccc1C[C@@]1(CO)CN(C(=O)CCCn2ccnc2)CCO1. The van der Waals surface area contributed by atoms with Crippen LogP contribution in [-0.2, 0) is 22.5 Å². The van der Waals surface area contributed by atoms with Gasteiger partial charge >= 0.3 is 0 Å². The van der Waals surface area contributed by atoms with Crippen LogP contribution in [0.4, 0.5) is 0 Å². The van der Waals surface area contributed by atoms with Crippen LogP contribution in [0.3, 0.4) is 0 Å². The fraction of sp³-hybridized carbons (Fsp3) is 0.500. The van der Waals surface area contributed by atoms with E-state index < -0.39 is 5.60 Å². The van der Waals surface area contributed by atoms with Crippen LogP contribution in [0, 0.1) is 6.92 Å². The molecule has 1 fully saturated rings. The van der Waals surface area contributed by atoms with Crippen molar-refractivity contribution in [2.24, 2.45) is 0 Å². The maximum absolute atomic E-state index is 12.6. The highest BCUT2D eigenvalue weighted by molar-refractivity contribution is 5.76. The van der Waals surface area contributed by atoms with E-state index in [-0.39, 0.29) is 12.5 Å².